The highest BCUT2D eigenvalue weighted by Gasteiger charge is 2.36. The van der Waals surface area contributed by atoms with Gasteiger partial charge in [0.05, 0.1) is 11.7 Å². The lowest BCUT2D eigenvalue weighted by molar-refractivity contribution is -0.127. The van der Waals surface area contributed by atoms with Gasteiger partial charge in [-0.25, -0.2) is 0 Å². The van der Waals surface area contributed by atoms with Crippen LogP contribution in [0.2, 0.25) is 0 Å². The smallest absolute Gasteiger partial charge is 0.0909 e. The lowest BCUT2D eigenvalue weighted by Crippen LogP contribution is -2.45. The van der Waals surface area contributed by atoms with E-state index in [2.05, 4.69) is 93.7 Å². The molecule has 2 atom stereocenters. The molecule has 0 aromatic carbocycles. The van der Waals surface area contributed by atoms with E-state index in [1.54, 1.807) is 0 Å². The van der Waals surface area contributed by atoms with Gasteiger partial charge in [0.15, 0.2) is 0 Å². The predicted octanol–water partition coefficient (Wildman–Crippen LogP) is 19.1. The Hall–Kier alpha value is -1.68. The molecule has 362 valence electrons. The molecular formula is C59H108O3. The summed E-state index contributed by atoms with van der Waals surface area (Å²) in [6.45, 7) is 7.56. The largest absolute Gasteiger partial charge is 0.396 e. The lowest BCUT2D eigenvalue weighted by Gasteiger charge is -2.36. The van der Waals surface area contributed by atoms with Crippen molar-refractivity contribution in [3.8, 4) is 0 Å². The van der Waals surface area contributed by atoms with Gasteiger partial charge in [-0.05, 0) is 122 Å². The van der Waals surface area contributed by atoms with Gasteiger partial charge in [0.25, 0.3) is 0 Å². The molecule has 0 saturated carbocycles. The van der Waals surface area contributed by atoms with Crippen molar-refractivity contribution in [1.82, 2.24) is 0 Å². The Kier molecular flexibility index (Phi) is 50.5. The average molecular weight is 866 g/mol. The molecule has 0 aromatic heterocycles. The van der Waals surface area contributed by atoms with E-state index >= 15 is 0 Å². The van der Waals surface area contributed by atoms with E-state index in [0.717, 1.165) is 51.4 Å². The van der Waals surface area contributed by atoms with Gasteiger partial charge in [-0.2, -0.15) is 0 Å². The van der Waals surface area contributed by atoms with Crippen LogP contribution in [0.3, 0.4) is 0 Å². The maximum atomic E-state index is 12.2. The highest BCUT2D eigenvalue weighted by Crippen LogP contribution is 2.31. The van der Waals surface area contributed by atoms with Crippen LogP contribution < -0.4 is 0 Å². The fraction of sp³-hybridized carbons (Fsp3) is 0.797. The van der Waals surface area contributed by atoms with Gasteiger partial charge in [0, 0.05) is 13.2 Å². The van der Waals surface area contributed by atoms with Gasteiger partial charge in [-0.3, -0.25) is 0 Å². The molecule has 0 rings (SSSR count). The number of aliphatic hydroxyl groups is 2. The zero-order chi connectivity index (χ0) is 45.0. The average Bonchev–Trinajstić information content (AvgIpc) is 3.28. The van der Waals surface area contributed by atoms with E-state index in [-0.39, 0.29) is 12.7 Å². The fourth-order valence-corrected chi connectivity index (χ4v) is 8.40. The van der Waals surface area contributed by atoms with Crippen LogP contribution in [-0.4, -0.2) is 35.1 Å². The normalized spacial score (nSPS) is 14.1. The van der Waals surface area contributed by atoms with Crippen LogP contribution in [0.25, 0.3) is 0 Å². The summed E-state index contributed by atoms with van der Waals surface area (Å²) >= 11 is 0. The van der Waals surface area contributed by atoms with Crippen molar-refractivity contribution in [2.24, 2.45) is 0 Å². The maximum absolute atomic E-state index is 12.2. The topological polar surface area (TPSA) is 49.7 Å². The summed E-state index contributed by atoms with van der Waals surface area (Å²) in [6, 6.07) is 0. The molecule has 0 aliphatic rings. The van der Waals surface area contributed by atoms with Gasteiger partial charge in [0.2, 0.25) is 0 Å². The zero-order valence-corrected chi connectivity index (χ0v) is 42.0. The van der Waals surface area contributed by atoms with Gasteiger partial charge in [0.1, 0.15) is 0 Å². The Morgan fingerprint density at radius 2 is 0.629 bits per heavy atom. The Labute approximate surface area is 388 Å². The molecule has 0 radical (unpaired) electrons. The molecule has 3 heteroatoms. The minimum Gasteiger partial charge on any atom is -0.396 e. The number of ether oxygens (including phenoxy) is 1. The first-order chi connectivity index (χ1) is 30.6. The number of unbranched alkanes of at least 4 members (excludes halogenated alkanes) is 28. The second-order valence-corrected chi connectivity index (χ2v) is 18.6. The summed E-state index contributed by atoms with van der Waals surface area (Å²) < 4.78 is 6.49. The number of allylic oxidation sites excluding steroid dienone is 12. The number of hydrogen-bond acceptors (Lipinski definition) is 3. The Morgan fingerprint density at radius 3 is 0.935 bits per heavy atom. The summed E-state index contributed by atoms with van der Waals surface area (Å²) in [6.07, 6.45) is 75.6. The minimum absolute atomic E-state index is 0.0747. The number of aliphatic hydroxyl groups excluding tert-OH is 1. The highest BCUT2D eigenvalue weighted by molar-refractivity contribution is 4.94. The minimum atomic E-state index is -0.840. The zero-order valence-electron chi connectivity index (χ0n) is 42.0. The highest BCUT2D eigenvalue weighted by atomic mass is 16.5. The molecule has 0 amide bonds. The summed E-state index contributed by atoms with van der Waals surface area (Å²) in [7, 11) is 0. The first-order valence-corrected chi connectivity index (χ1v) is 27.5. The summed E-state index contributed by atoms with van der Waals surface area (Å²) in [5.74, 6) is 0. The predicted molar refractivity (Wildman–Crippen MR) is 278 cm³/mol. The molecule has 0 aliphatic carbocycles. The molecule has 0 spiro atoms. The van der Waals surface area contributed by atoms with Crippen LogP contribution in [0.5, 0.6) is 0 Å². The molecule has 0 aliphatic heterocycles. The van der Waals surface area contributed by atoms with Gasteiger partial charge < -0.3 is 14.9 Å². The van der Waals surface area contributed by atoms with Crippen molar-refractivity contribution in [3.05, 3.63) is 72.9 Å². The van der Waals surface area contributed by atoms with Crippen LogP contribution in [0, 0.1) is 0 Å². The maximum Gasteiger partial charge on any atom is 0.0909 e. The number of rotatable bonds is 50. The van der Waals surface area contributed by atoms with Crippen molar-refractivity contribution in [1.29, 1.82) is 0 Å². The Bertz CT molecular complexity index is 1040. The van der Waals surface area contributed by atoms with Crippen LogP contribution in [0.1, 0.15) is 278 Å². The molecule has 0 heterocycles. The summed E-state index contributed by atoms with van der Waals surface area (Å²) in [4.78, 5) is 0. The fourth-order valence-electron chi connectivity index (χ4n) is 8.40. The summed E-state index contributed by atoms with van der Waals surface area (Å²) in [5.41, 5.74) is -0.840. The van der Waals surface area contributed by atoms with Crippen LogP contribution in [0.15, 0.2) is 72.9 Å². The monoisotopic (exact) mass is 865 g/mol. The van der Waals surface area contributed by atoms with Crippen LogP contribution >= 0.6 is 0 Å². The number of hydrogen-bond donors (Lipinski definition) is 2. The summed E-state index contributed by atoms with van der Waals surface area (Å²) in [5, 5.41) is 22.3. The molecule has 0 saturated heterocycles. The first kappa shape index (κ1) is 60.3. The van der Waals surface area contributed by atoms with Crippen LogP contribution in [-0.2, 0) is 4.74 Å². The van der Waals surface area contributed by atoms with Crippen molar-refractivity contribution >= 4 is 0 Å². The Balaban J connectivity index is 4.59. The van der Waals surface area contributed by atoms with E-state index < -0.39 is 5.60 Å². The molecule has 3 nitrogen and oxygen atoms in total. The van der Waals surface area contributed by atoms with Gasteiger partial charge in [-0.1, -0.05) is 229 Å². The van der Waals surface area contributed by atoms with Crippen molar-refractivity contribution in [2.75, 3.05) is 13.2 Å². The first-order valence-electron chi connectivity index (χ1n) is 27.5. The van der Waals surface area contributed by atoms with Crippen molar-refractivity contribution in [3.63, 3.8) is 0 Å². The van der Waals surface area contributed by atoms with Gasteiger partial charge in [-0.15, -0.1) is 0 Å². The van der Waals surface area contributed by atoms with Crippen molar-refractivity contribution < 1.29 is 14.9 Å². The van der Waals surface area contributed by atoms with Gasteiger partial charge >= 0.3 is 0 Å². The molecule has 0 fully saturated rings. The Morgan fingerprint density at radius 1 is 0.355 bits per heavy atom. The third kappa shape index (κ3) is 44.9. The molecule has 2 N–H and O–H groups in total. The molecule has 62 heavy (non-hydrogen) atoms. The van der Waals surface area contributed by atoms with E-state index in [4.69, 9.17) is 4.74 Å². The second kappa shape index (κ2) is 51.9. The quantitative estimate of drug-likeness (QED) is 0.0473. The third-order valence-electron chi connectivity index (χ3n) is 12.5. The SMILES string of the molecule is CCCCC/C=C\C/C=C\CCCCCCCCCC(O)(CCCCCCCC/C=C\C/C=C\CCCCC)C(CCO)OCCCCCCCC/C=C\C/C=C\CCCCC. The van der Waals surface area contributed by atoms with E-state index in [1.807, 2.05) is 0 Å². The van der Waals surface area contributed by atoms with Crippen LogP contribution in [0.4, 0.5) is 0 Å². The standard InChI is InChI=1S/C59H108O3/c1-4-7-10-13-16-19-22-25-28-31-33-36-39-42-45-48-51-55-59(61,54-50-47-44-41-38-35-32-29-26-23-20-17-14-11-8-5-2)58(53-56-60)62-57-52-49-46-43-40-37-34-30-27-24-21-18-15-12-9-6-3/h16-21,25-30,58,60-61H,4-15,22-24,31-57H2,1-3H3/b19-16-,20-17-,21-18-,28-25-,29-26-,30-27-. The van der Waals surface area contributed by atoms with E-state index in [1.165, 1.54) is 199 Å². The molecule has 0 bridgehead atoms. The van der Waals surface area contributed by atoms with E-state index in [0.29, 0.717) is 13.0 Å². The molecule has 2 unspecified atom stereocenters. The van der Waals surface area contributed by atoms with Crippen molar-refractivity contribution in [2.45, 2.75) is 289 Å². The lowest BCUT2D eigenvalue weighted by atomic mass is 9.83. The third-order valence-corrected chi connectivity index (χ3v) is 12.5. The molecular weight excluding hydrogens is 757 g/mol. The van der Waals surface area contributed by atoms with E-state index in [9.17, 15) is 10.2 Å². The molecule has 0 aromatic rings. The second-order valence-electron chi connectivity index (χ2n) is 18.6.